The first kappa shape index (κ1) is 23.0. The summed E-state index contributed by atoms with van der Waals surface area (Å²) in [6.45, 7) is 1.91. The molecule has 9 heteroatoms. The van der Waals surface area contributed by atoms with E-state index >= 15 is 0 Å². The van der Waals surface area contributed by atoms with E-state index < -0.39 is 17.5 Å². The molecule has 0 saturated carbocycles. The largest absolute Gasteiger partial charge is 0.466 e. The summed E-state index contributed by atoms with van der Waals surface area (Å²) in [6, 6.07) is 9.65. The van der Waals surface area contributed by atoms with Gasteiger partial charge < -0.3 is 14.5 Å². The molecule has 0 radical (unpaired) electrons. The standard InChI is InChI=1S/C22H23Cl2N3O4/c1-2-31-21(29)12-18-22(30)27(19(24)11-15-3-5-17(23)6-4-15)14-20(28)26(18)13-16-7-9-25-10-8-16/h3-10,18-19H,2,11-14H2,1H3. The highest BCUT2D eigenvalue weighted by molar-refractivity contribution is 6.30. The van der Waals surface area contributed by atoms with Crippen molar-refractivity contribution in [1.82, 2.24) is 14.8 Å². The minimum absolute atomic E-state index is 0.162. The van der Waals surface area contributed by atoms with E-state index in [4.69, 9.17) is 27.9 Å². The maximum atomic E-state index is 13.3. The van der Waals surface area contributed by atoms with Gasteiger partial charge in [-0.1, -0.05) is 35.3 Å². The molecule has 0 aliphatic carbocycles. The zero-order chi connectivity index (χ0) is 22.4. The van der Waals surface area contributed by atoms with Crippen LogP contribution in [0.15, 0.2) is 48.8 Å². The van der Waals surface area contributed by atoms with E-state index in [-0.39, 0.29) is 37.9 Å². The zero-order valence-corrected chi connectivity index (χ0v) is 18.6. The van der Waals surface area contributed by atoms with Gasteiger partial charge in [-0.15, -0.1) is 0 Å². The Bertz CT molecular complexity index is 924. The van der Waals surface area contributed by atoms with E-state index in [0.29, 0.717) is 11.4 Å². The molecule has 0 N–H and O–H groups in total. The molecular weight excluding hydrogens is 441 g/mol. The van der Waals surface area contributed by atoms with Crippen molar-refractivity contribution in [3.05, 3.63) is 64.9 Å². The van der Waals surface area contributed by atoms with Crippen molar-refractivity contribution in [2.24, 2.45) is 0 Å². The van der Waals surface area contributed by atoms with E-state index in [0.717, 1.165) is 11.1 Å². The molecule has 31 heavy (non-hydrogen) atoms. The first-order valence-electron chi connectivity index (χ1n) is 9.92. The van der Waals surface area contributed by atoms with Gasteiger partial charge in [0.25, 0.3) is 0 Å². The normalized spacial score (nSPS) is 17.6. The van der Waals surface area contributed by atoms with E-state index in [9.17, 15) is 14.4 Å². The number of ether oxygens (including phenoxy) is 1. The molecule has 2 aromatic rings. The van der Waals surface area contributed by atoms with Crippen LogP contribution in [0.25, 0.3) is 0 Å². The summed E-state index contributed by atoms with van der Waals surface area (Å²) in [6.07, 6.45) is 3.33. The molecule has 2 atom stereocenters. The fourth-order valence-corrected chi connectivity index (χ4v) is 3.90. The van der Waals surface area contributed by atoms with Crippen molar-refractivity contribution in [2.45, 2.75) is 37.9 Å². The lowest BCUT2D eigenvalue weighted by Gasteiger charge is -2.41. The Morgan fingerprint density at radius 2 is 1.84 bits per heavy atom. The Hall–Kier alpha value is -2.64. The molecular formula is C22H23Cl2N3O4. The van der Waals surface area contributed by atoms with Crippen LogP contribution in [0.4, 0.5) is 0 Å². The third-order valence-electron chi connectivity index (χ3n) is 4.99. The molecule has 1 aliphatic heterocycles. The predicted octanol–water partition coefficient (Wildman–Crippen LogP) is 3.04. The van der Waals surface area contributed by atoms with Gasteiger partial charge in [0.15, 0.2) is 0 Å². The number of esters is 1. The molecule has 3 rings (SSSR count). The van der Waals surface area contributed by atoms with Crippen LogP contribution in [0.2, 0.25) is 5.02 Å². The molecule has 164 valence electrons. The Balaban J connectivity index is 1.80. The van der Waals surface area contributed by atoms with Crippen LogP contribution in [0.5, 0.6) is 0 Å². The number of carbonyl (C=O) groups excluding carboxylic acids is 3. The van der Waals surface area contributed by atoms with Crippen LogP contribution >= 0.6 is 23.2 Å². The predicted molar refractivity (Wildman–Crippen MR) is 116 cm³/mol. The monoisotopic (exact) mass is 463 g/mol. The van der Waals surface area contributed by atoms with Gasteiger partial charge in [0, 0.05) is 30.4 Å². The summed E-state index contributed by atoms with van der Waals surface area (Å²) in [5.41, 5.74) is 0.943. The number of nitrogens with zero attached hydrogens (tertiary/aromatic N) is 3. The average Bonchev–Trinajstić information content (AvgIpc) is 2.75. The lowest BCUT2D eigenvalue weighted by Crippen LogP contribution is -2.61. The molecule has 1 saturated heterocycles. The van der Waals surface area contributed by atoms with Crippen molar-refractivity contribution in [2.75, 3.05) is 13.2 Å². The number of amides is 2. The number of hydrogen-bond acceptors (Lipinski definition) is 5. The number of aromatic nitrogens is 1. The molecule has 2 amide bonds. The highest BCUT2D eigenvalue weighted by Gasteiger charge is 2.42. The number of rotatable bonds is 8. The fraction of sp³-hybridized carbons (Fsp3) is 0.364. The average molecular weight is 464 g/mol. The first-order valence-corrected chi connectivity index (χ1v) is 10.7. The highest BCUT2D eigenvalue weighted by Crippen LogP contribution is 2.24. The molecule has 1 aromatic carbocycles. The molecule has 0 spiro atoms. The van der Waals surface area contributed by atoms with Crippen LogP contribution in [-0.4, -0.2) is 57.3 Å². The van der Waals surface area contributed by atoms with Gasteiger partial charge in [-0.3, -0.25) is 19.4 Å². The third-order valence-corrected chi connectivity index (χ3v) is 5.64. The third kappa shape index (κ3) is 5.95. The van der Waals surface area contributed by atoms with Gasteiger partial charge in [-0.2, -0.15) is 0 Å². The Labute approximate surface area is 190 Å². The zero-order valence-electron chi connectivity index (χ0n) is 17.0. The minimum atomic E-state index is -0.986. The van der Waals surface area contributed by atoms with E-state index in [1.807, 2.05) is 12.1 Å². The molecule has 1 aliphatic rings. The molecule has 1 fully saturated rings. The molecule has 2 heterocycles. The second kappa shape index (κ2) is 10.6. The van der Waals surface area contributed by atoms with Crippen LogP contribution in [0, 0.1) is 0 Å². The smallest absolute Gasteiger partial charge is 0.308 e. The summed E-state index contributed by atoms with van der Waals surface area (Å²) in [5.74, 6) is -1.21. The van der Waals surface area contributed by atoms with Crippen molar-refractivity contribution in [3.63, 3.8) is 0 Å². The van der Waals surface area contributed by atoms with Gasteiger partial charge in [0.2, 0.25) is 11.8 Å². The Morgan fingerprint density at radius 1 is 1.16 bits per heavy atom. The van der Waals surface area contributed by atoms with Gasteiger partial charge >= 0.3 is 5.97 Å². The SMILES string of the molecule is CCOC(=O)CC1C(=O)N(C(Cl)Cc2ccc(Cl)cc2)CC(=O)N1Cc1ccncc1. The summed E-state index contributed by atoms with van der Waals surface area (Å²) in [4.78, 5) is 45.2. The van der Waals surface area contributed by atoms with Crippen molar-refractivity contribution < 1.29 is 19.1 Å². The molecule has 2 unspecified atom stereocenters. The number of alkyl halides is 1. The van der Waals surface area contributed by atoms with Crippen LogP contribution in [0.3, 0.4) is 0 Å². The maximum absolute atomic E-state index is 13.3. The number of pyridine rings is 1. The summed E-state index contributed by atoms with van der Waals surface area (Å²) >= 11 is 12.5. The second-order valence-corrected chi connectivity index (χ2v) is 8.07. The molecule has 0 bridgehead atoms. The van der Waals surface area contributed by atoms with Crippen LogP contribution in [-0.2, 0) is 32.1 Å². The highest BCUT2D eigenvalue weighted by atomic mass is 35.5. The molecule has 7 nitrogen and oxygen atoms in total. The Kier molecular flexibility index (Phi) is 7.87. The van der Waals surface area contributed by atoms with Gasteiger partial charge in [-0.25, -0.2) is 0 Å². The fourth-order valence-electron chi connectivity index (χ4n) is 3.43. The van der Waals surface area contributed by atoms with Crippen molar-refractivity contribution in [1.29, 1.82) is 0 Å². The van der Waals surface area contributed by atoms with Gasteiger partial charge in [0.05, 0.1) is 13.0 Å². The van der Waals surface area contributed by atoms with Gasteiger partial charge in [0.1, 0.15) is 18.1 Å². The summed E-state index contributed by atoms with van der Waals surface area (Å²) < 4.78 is 5.03. The Morgan fingerprint density at radius 3 is 2.48 bits per heavy atom. The first-order chi connectivity index (χ1) is 14.9. The number of carbonyl (C=O) groups is 3. The van der Waals surface area contributed by atoms with Crippen molar-refractivity contribution in [3.8, 4) is 0 Å². The second-order valence-electron chi connectivity index (χ2n) is 7.13. The van der Waals surface area contributed by atoms with Gasteiger partial charge in [-0.05, 0) is 42.3 Å². The van der Waals surface area contributed by atoms with Crippen LogP contribution in [0.1, 0.15) is 24.5 Å². The number of hydrogen-bond donors (Lipinski definition) is 0. The lowest BCUT2D eigenvalue weighted by molar-refractivity contribution is -0.161. The number of piperazine rings is 1. The summed E-state index contributed by atoms with van der Waals surface area (Å²) in [5, 5.41) is 0.598. The lowest BCUT2D eigenvalue weighted by atomic mass is 10.0. The summed E-state index contributed by atoms with van der Waals surface area (Å²) in [7, 11) is 0. The van der Waals surface area contributed by atoms with Crippen molar-refractivity contribution >= 4 is 41.0 Å². The van der Waals surface area contributed by atoms with E-state index in [2.05, 4.69) is 4.98 Å². The molecule has 1 aromatic heterocycles. The topological polar surface area (TPSA) is 79.8 Å². The minimum Gasteiger partial charge on any atom is -0.466 e. The quantitative estimate of drug-likeness (QED) is 0.341. The maximum Gasteiger partial charge on any atom is 0.308 e. The van der Waals surface area contributed by atoms with E-state index in [1.165, 1.54) is 9.80 Å². The van der Waals surface area contributed by atoms with E-state index in [1.54, 1.807) is 43.6 Å². The van der Waals surface area contributed by atoms with Crippen LogP contribution < -0.4 is 0 Å². The number of benzene rings is 1. The number of halogens is 2.